The molecule has 1 atom stereocenters. The maximum atomic E-state index is 12.2. The van der Waals surface area contributed by atoms with Crippen LogP contribution in [0.5, 0.6) is 0 Å². The summed E-state index contributed by atoms with van der Waals surface area (Å²) in [5.74, 6) is -0.369. The maximum absolute atomic E-state index is 12.2. The lowest BCUT2D eigenvalue weighted by atomic mass is 10.1. The molecule has 1 unspecified atom stereocenters. The van der Waals surface area contributed by atoms with Crippen molar-refractivity contribution in [3.63, 3.8) is 0 Å². The molecule has 0 aliphatic heterocycles. The Morgan fingerprint density at radius 1 is 1.08 bits per heavy atom. The second-order valence-electron chi connectivity index (χ2n) is 5.85. The molecule has 2 amide bonds. The van der Waals surface area contributed by atoms with Crippen LogP contribution in [-0.4, -0.2) is 23.6 Å². The molecule has 0 fully saturated rings. The van der Waals surface area contributed by atoms with Gasteiger partial charge in [-0.3, -0.25) is 9.59 Å². The Kier molecular flexibility index (Phi) is 7.07. The number of anilines is 1. The summed E-state index contributed by atoms with van der Waals surface area (Å²) < 4.78 is 0. The van der Waals surface area contributed by atoms with Gasteiger partial charge in [0.15, 0.2) is 0 Å². The molecule has 0 saturated heterocycles. The zero-order valence-corrected chi connectivity index (χ0v) is 15.7. The van der Waals surface area contributed by atoms with Crippen LogP contribution < -0.4 is 10.6 Å². The number of carbonyl (C=O) groups is 2. The smallest absolute Gasteiger partial charge is 0.243 e. The first-order valence-corrected chi connectivity index (χ1v) is 9.26. The summed E-state index contributed by atoms with van der Waals surface area (Å²) in [4.78, 5) is 25.3. The van der Waals surface area contributed by atoms with Gasteiger partial charge in [0.25, 0.3) is 0 Å². The number of hydrogen-bond donors (Lipinski definition) is 2. The molecule has 0 saturated carbocycles. The summed E-state index contributed by atoms with van der Waals surface area (Å²) in [5, 5.41) is 5.29. The van der Waals surface area contributed by atoms with E-state index in [1.807, 2.05) is 69.3 Å². The Balaban J connectivity index is 1.82. The molecule has 0 spiro atoms. The summed E-state index contributed by atoms with van der Waals surface area (Å²) in [7, 11) is 0. The number of benzene rings is 2. The van der Waals surface area contributed by atoms with Gasteiger partial charge in [0.1, 0.15) is 0 Å². The van der Waals surface area contributed by atoms with Crippen LogP contribution in [0.1, 0.15) is 25.0 Å². The Morgan fingerprint density at radius 2 is 1.76 bits per heavy atom. The number of nitrogens with one attached hydrogen (secondary N) is 2. The molecule has 0 heterocycles. The van der Waals surface area contributed by atoms with Crippen LogP contribution in [0, 0.1) is 6.92 Å². The molecular formula is C20H24N2O2S. The van der Waals surface area contributed by atoms with Crippen LogP contribution in [0.25, 0.3) is 0 Å². The molecule has 2 aromatic carbocycles. The quantitative estimate of drug-likeness (QED) is 0.742. The molecule has 0 aliphatic rings. The third kappa shape index (κ3) is 5.94. The molecule has 5 heteroatoms. The van der Waals surface area contributed by atoms with Crippen molar-refractivity contribution in [2.45, 2.75) is 37.3 Å². The van der Waals surface area contributed by atoms with Gasteiger partial charge >= 0.3 is 0 Å². The number of para-hydroxylation sites is 1. The van der Waals surface area contributed by atoms with E-state index in [0.29, 0.717) is 0 Å². The minimum absolute atomic E-state index is 0.0321. The van der Waals surface area contributed by atoms with E-state index in [0.717, 1.165) is 22.6 Å². The minimum Gasteiger partial charge on any atom is -0.346 e. The zero-order valence-electron chi connectivity index (χ0n) is 14.8. The second kappa shape index (κ2) is 9.28. The first-order chi connectivity index (χ1) is 12.0. The topological polar surface area (TPSA) is 58.2 Å². The normalized spacial score (nSPS) is 11.6. The molecule has 0 aromatic heterocycles. The minimum atomic E-state index is -0.265. The fraction of sp³-hybridized carbons (Fsp3) is 0.300. The van der Waals surface area contributed by atoms with E-state index in [1.54, 1.807) is 0 Å². The van der Waals surface area contributed by atoms with E-state index in [1.165, 1.54) is 17.3 Å². The number of rotatable bonds is 7. The average molecular weight is 356 g/mol. The monoisotopic (exact) mass is 356 g/mol. The molecule has 4 nitrogen and oxygen atoms in total. The van der Waals surface area contributed by atoms with Crippen LogP contribution in [0.4, 0.5) is 5.69 Å². The Labute approximate surface area is 153 Å². The van der Waals surface area contributed by atoms with Gasteiger partial charge in [0.2, 0.25) is 11.8 Å². The molecule has 0 aliphatic carbocycles. The van der Waals surface area contributed by atoms with Gasteiger partial charge in [-0.1, -0.05) is 42.8 Å². The summed E-state index contributed by atoms with van der Waals surface area (Å²) in [6.45, 7) is 5.87. The van der Waals surface area contributed by atoms with Crippen LogP contribution in [0.15, 0.2) is 53.4 Å². The predicted octanol–water partition coefficient (Wildman–Crippen LogP) is 3.79. The second-order valence-corrected chi connectivity index (χ2v) is 7.26. The van der Waals surface area contributed by atoms with Crippen LogP contribution >= 0.6 is 11.8 Å². The zero-order chi connectivity index (χ0) is 18.2. The average Bonchev–Trinajstić information content (AvgIpc) is 2.62. The molecule has 2 N–H and O–H groups in total. The number of aryl methyl sites for hydroxylation is 2. The standard InChI is InChI=1S/C20H24N2O2S/c1-4-16-7-5-6-8-18(16)22-19(23)13-21-20(24)15(3)25-17-11-9-14(2)10-12-17/h5-12,15H,4,13H2,1-3H3,(H,21,24)(H,22,23). The van der Waals surface area contributed by atoms with Crippen molar-refractivity contribution in [1.82, 2.24) is 5.32 Å². The summed E-state index contributed by atoms with van der Waals surface area (Å²) in [5.41, 5.74) is 3.06. The van der Waals surface area contributed by atoms with E-state index < -0.39 is 0 Å². The Morgan fingerprint density at radius 3 is 2.44 bits per heavy atom. The molecule has 0 radical (unpaired) electrons. The van der Waals surface area contributed by atoms with Crippen LogP contribution in [0.2, 0.25) is 0 Å². The van der Waals surface area contributed by atoms with Gasteiger partial charge in [0, 0.05) is 10.6 Å². The fourth-order valence-electron chi connectivity index (χ4n) is 2.33. The van der Waals surface area contributed by atoms with Crippen LogP contribution in [-0.2, 0) is 16.0 Å². The van der Waals surface area contributed by atoms with Gasteiger partial charge in [-0.15, -0.1) is 11.8 Å². The SMILES string of the molecule is CCc1ccccc1NC(=O)CNC(=O)C(C)Sc1ccc(C)cc1. The van der Waals surface area contributed by atoms with Crippen molar-refractivity contribution < 1.29 is 9.59 Å². The molecule has 2 rings (SSSR count). The highest BCUT2D eigenvalue weighted by Gasteiger charge is 2.15. The largest absolute Gasteiger partial charge is 0.346 e. The van der Waals surface area contributed by atoms with Crippen molar-refractivity contribution in [3.8, 4) is 0 Å². The first kappa shape index (κ1) is 19.1. The van der Waals surface area contributed by atoms with Crippen LogP contribution in [0.3, 0.4) is 0 Å². The summed E-state index contributed by atoms with van der Waals surface area (Å²) in [6.07, 6.45) is 0.840. The van der Waals surface area contributed by atoms with Crippen molar-refractivity contribution >= 4 is 29.3 Å². The van der Waals surface area contributed by atoms with Gasteiger partial charge in [-0.2, -0.15) is 0 Å². The fourth-order valence-corrected chi connectivity index (χ4v) is 3.22. The first-order valence-electron chi connectivity index (χ1n) is 8.38. The number of hydrogen-bond acceptors (Lipinski definition) is 3. The van der Waals surface area contributed by atoms with Gasteiger partial charge in [0.05, 0.1) is 11.8 Å². The third-order valence-electron chi connectivity index (χ3n) is 3.80. The molecule has 2 aromatic rings. The van der Waals surface area contributed by atoms with E-state index >= 15 is 0 Å². The highest BCUT2D eigenvalue weighted by Crippen LogP contribution is 2.23. The number of amides is 2. The molecular weight excluding hydrogens is 332 g/mol. The highest BCUT2D eigenvalue weighted by molar-refractivity contribution is 8.00. The predicted molar refractivity (Wildman–Crippen MR) is 104 cm³/mol. The number of carbonyl (C=O) groups excluding carboxylic acids is 2. The maximum Gasteiger partial charge on any atom is 0.243 e. The molecule has 132 valence electrons. The van der Waals surface area contributed by atoms with Crippen molar-refractivity contribution in [3.05, 3.63) is 59.7 Å². The van der Waals surface area contributed by atoms with Gasteiger partial charge < -0.3 is 10.6 Å². The molecule has 0 bridgehead atoms. The van der Waals surface area contributed by atoms with Gasteiger partial charge in [-0.25, -0.2) is 0 Å². The summed E-state index contributed by atoms with van der Waals surface area (Å²) >= 11 is 1.48. The van der Waals surface area contributed by atoms with E-state index in [4.69, 9.17) is 0 Å². The lowest BCUT2D eigenvalue weighted by Crippen LogP contribution is -2.37. The molecule has 25 heavy (non-hydrogen) atoms. The lowest BCUT2D eigenvalue weighted by molar-refractivity contribution is -0.123. The lowest BCUT2D eigenvalue weighted by Gasteiger charge is -2.13. The highest BCUT2D eigenvalue weighted by atomic mass is 32.2. The third-order valence-corrected chi connectivity index (χ3v) is 4.91. The van der Waals surface area contributed by atoms with E-state index in [-0.39, 0.29) is 23.6 Å². The van der Waals surface area contributed by atoms with Crippen molar-refractivity contribution in [2.24, 2.45) is 0 Å². The van der Waals surface area contributed by atoms with Crippen molar-refractivity contribution in [2.75, 3.05) is 11.9 Å². The van der Waals surface area contributed by atoms with Crippen molar-refractivity contribution in [1.29, 1.82) is 0 Å². The van der Waals surface area contributed by atoms with Gasteiger partial charge in [-0.05, 0) is 44.0 Å². The Bertz CT molecular complexity index is 729. The number of thioether (sulfide) groups is 1. The van der Waals surface area contributed by atoms with E-state index in [9.17, 15) is 9.59 Å². The van der Waals surface area contributed by atoms with E-state index in [2.05, 4.69) is 10.6 Å². The Hall–Kier alpha value is -2.27. The summed E-state index contributed by atoms with van der Waals surface area (Å²) in [6, 6.07) is 15.7.